The lowest BCUT2D eigenvalue weighted by molar-refractivity contribution is 0.160. The minimum Gasteiger partial charge on any atom is -0.391 e. The van der Waals surface area contributed by atoms with Crippen LogP contribution in [0.5, 0.6) is 0 Å². The molecule has 1 aliphatic rings. The highest BCUT2D eigenvalue weighted by atomic mass is 19.1. The van der Waals surface area contributed by atoms with Gasteiger partial charge in [-0.25, -0.2) is 4.39 Å². The number of hydrogen-bond donors (Lipinski definition) is 2. The molecule has 1 fully saturated rings. The minimum atomic E-state index is -0.347. The summed E-state index contributed by atoms with van der Waals surface area (Å²) in [5.41, 5.74) is 1.59. The topological polar surface area (TPSA) is 32.3 Å². The molecule has 1 aromatic rings. The van der Waals surface area contributed by atoms with Gasteiger partial charge in [-0.15, -0.1) is 0 Å². The highest BCUT2D eigenvalue weighted by Crippen LogP contribution is 2.24. The van der Waals surface area contributed by atoms with E-state index in [-0.39, 0.29) is 18.0 Å². The molecule has 0 bridgehead atoms. The molecule has 0 saturated carbocycles. The van der Waals surface area contributed by atoms with Gasteiger partial charge in [0.15, 0.2) is 0 Å². The predicted octanol–water partition coefficient (Wildman–Crippen LogP) is 1.53. The van der Waals surface area contributed by atoms with Crippen molar-refractivity contribution >= 4 is 0 Å². The summed E-state index contributed by atoms with van der Waals surface area (Å²) in [4.78, 5) is 0. The first-order valence-electron chi connectivity index (χ1n) is 4.86. The molecule has 2 unspecified atom stereocenters. The van der Waals surface area contributed by atoms with Gasteiger partial charge in [0.1, 0.15) is 5.82 Å². The number of rotatable bonds is 1. The Morgan fingerprint density at radius 2 is 2.29 bits per heavy atom. The van der Waals surface area contributed by atoms with E-state index in [4.69, 9.17) is 0 Å². The molecule has 14 heavy (non-hydrogen) atoms. The zero-order valence-electron chi connectivity index (χ0n) is 8.13. The molecule has 0 radical (unpaired) electrons. The number of benzene rings is 1. The van der Waals surface area contributed by atoms with Crippen molar-refractivity contribution in [1.29, 1.82) is 0 Å². The van der Waals surface area contributed by atoms with Crippen molar-refractivity contribution in [3.05, 3.63) is 35.1 Å². The standard InChI is InChI=1S/C11H14FNO/c1-7-6-8(2-3-9(7)12)11-10(14)4-5-13-11/h2-3,6,10-11,13-14H,4-5H2,1H3. The maximum Gasteiger partial charge on any atom is 0.126 e. The second kappa shape index (κ2) is 3.67. The fraction of sp³-hybridized carbons (Fsp3) is 0.455. The second-order valence-corrected chi connectivity index (χ2v) is 3.80. The largest absolute Gasteiger partial charge is 0.391 e. The second-order valence-electron chi connectivity index (χ2n) is 3.80. The van der Waals surface area contributed by atoms with E-state index in [1.165, 1.54) is 6.07 Å². The summed E-state index contributed by atoms with van der Waals surface area (Å²) in [6.45, 7) is 2.56. The van der Waals surface area contributed by atoms with Crippen molar-refractivity contribution in [3.8, 4) is 0 Å². The average molecular weight is 195 g/mol. The van der Waals surface area contributed by atoms with Gasteiger partial charge in [-0.2, -0.15) is 0 Å². The van der Waals surface area contributed by atoms with Gasteiger partial charge in [-0.1, -0.05) is 12.1 Å². The third-order valence-corrected chi connectivity index (χ3v) is 2.73. The van der Waals surface area contributed by atoms with Gasteiger partial charge >= 0.3 is 0 Å². The molecule has 1 saturated heterocycles. The van der Waals surface area contributed by atoms with E-state index in [2.05, 4.69) is 5.32 Å². The lowest BCUT2D eigenvalue weighted by Crippen LogP contribution is -2.20. The van der Waals surface area contributed by atoms with Crippen LogP contribution in [0.3, 0.4) is 0 Å². The SMILES string of the molecule is Cc1cc(C2NCCC2O)ccc1F. The summed E-state index contributed by atoms with van der Waals surface area (Å²) in [7, 11) is 0. The van der Waals surface area contributed by atoms with Crippen LogP contribution in [0, 0.1) is 12.7 Å². The molecule has 0 aliphatic carbocycles. The van der Waals surface area contributed by atoms with Crippen LogP contribution in [-0.4, -0.2) is 17.8 Å². The summed E-state index contributed by atoms with van der Waals surface area (Å²) >= 11 is 0. The molecule has 0 spiro atoms. The number of aliphatic hydroxyl groups is 1. The van der Waals surface area contributed by atoms with Gasteiger partial charge in [0.25, 0.3) is 0 Å². The van der Waals surface area contributed by atoms with E-state index < -0.39 is 0 Å². The Labute approximate surface area is 82.8 Å². The molecule has 1 heterocycles. The zero-order valence-corrected chi connectivity index (χ0v) is 8.13. The third kappa shape index (κ3) is 1.65. The van der Waals surface area contributed by atoms with Gasteiger partial charge < -0.3 is 10.4 Å². The molecule has 2 nitrogen and oxygen atoms in total. The van der Waals surface area contributed by atoms with Crippen molar-refractivity contribution in [1.82, 2.24) is 5.32 Å². The number of hydrogen-bond acceptors (Lipinski definition) is 2. The first-order valence-corrected chi connectivity index (χ1v) is 4.86. The van der Waals surface area contributed by atoms with E-state index in [1.54, 1.807) is 19.1 Å². The molecule has 2 rings (SSSR count). The van der Waals surface area contributed by atoms with Crippen molar-refractivity contribution in [2.75, 3.05) is 6.54 Å². The third-order valence-electron chi connectivity index (χ3n) is 2.73. The number of aliphatic hydroxyl groups excluding tert-OH is 1. The molecule has 0 aromatic heterocycles. The van der Waals surface area contributed by atoms with Crippen LogP contribution >= 0.6 is 0 Å². The van der Waals surface area contributed by atoms with Crippen LogP contribution in [0.4, 0.5) is 4.39 Å². The first kappa shape index (κ1) is 9.62. The van der Waals surface area contributed by atoms with Crippen LogP contribution in [0.25, 0.3) is 0 Å². The van der Waals surface area contributed by atoms with E-state index >= 15 is 0 Å². The first-order chi connectivity index (χ1) is 6.68. The molecule has 2 atom stereocenters. The van der Waals surface area contributed by atoms with Crippen molar-refractivity contribution < 1.29 is 9.50 Å². The molecule has 1 aliphatic heterocycles. The molecule has 0 amide bonds. The average Bonchev–Trinajstić information content (AvgIpc) is 2.57. The zero-order chi connectivity index (χ0) is 10.1. The molecule has 76 valence electrons. The van der Waals surface area contributed by atoms with E-state index in [0.717, 1.165) is 18.5 Å². The van der Waals surface area contributed by atoms with Crippen LogP contribution in [0.15, 0.2) is 18.2 Å². The number of halogens is 1. The van der Waals surface area contributed by atoms with Crippen molar-refractivity contribution in [3.63, 3.8) is 0 Å². The lowest BCUT2D eigenvalue weighted by Gasteiger charge is -2.15. The summed E-state index contributed by atoms with van der Waals surface area (Å²) < 4.78 is 13.0. The number of nitrogens with one attached hydrogen (secondary N) is 1. The Morgan fingerprint density at radius 1 is 1.50 bits per heavy atom. The van der Waals surface area contributed by atoms with Crippen molar-refractivity contribution in [2.45, 2.75) is 25.5 Å². The summed E-state index contributed by atoms with van der Waals surface area (Å²) in [5.74, 6) is -0.193. The van der Waals surface area contributed by atoms with Gasteiger partial charge in [-0.3, -0.25) is 0 Å². The maximum atomic E-state index is 13.0. The fourth-order valence-corrected chi connectivity index (χ4v) is 1.89. The quantitative estimate of drug-likeness (QED) is 0.712. The van der Waals surface area contributed by atoms with E-state index in [9.17, 15) is 9.50 Å². The lowest BCUT2D eigenvalue weighted by atomic mass is 10.0. The van der Waals surface area contributed by atoms with Crippen LogP contribution in [0.2, 0.25) is 0 Å². The van der Waals surface area contributed by atoms with Gasteiger partial charge in [0.05, 0.1) is 12.1 Å². The summed E-state index contributed by atoms with van der Waals surface area (Å²) in [6.07, 6.45) is 0.418. The van der Waals surface area contributed by atoms with Crippen LogP contribution in [-0.2, 0) is 0 Å². The highest BCUT2D eigenvalue weighted by molar-refractivity contribution is 5.27. The van der Waals surface area contributed by atoms with E-state index in [0.29, 0.717) is 5.56 Å². The molecule has 1 aromatic carbocycles. The van der Waals surface area contributed by atoms with Crippen LogP contribution in [0.1, 0.15) is 23.6 Å². The maximum absolute atomic E-state index is 13.0. The monoisotopic (exact) mass is 195 g/mol. The Balaban J connectivity index is 2.28. The Kier molecular flexibility index (Phi) is 2.52. The fourth-order valence-electron chi connectivity index (χ4n) is 1.89. The van der Waals surface area contributed by atoms with Gasteiger partial charge in [0, 0.05) is 0 Å². The Hall–Kier alpha value is -0.930. The highest BCUT2D eigenvalue weighted by Gasteiger charge is 2.26. The van der Waals surface area contributed by atoms with E-state index in [1.807, 2.05) is 0 Å². The van der Waals surface area contributed by atoms with Crippen LogP contribution < -0.4 is 5.32 Å². The molecule has 3 heteroatoms. The Bertz CT molecular complexity index is 340. The smallest absolute Gasteiger partial charge is 0.126 e. The van der Waals surface area contributed by atoms with Gasteiger partial charge in [0.2, 0.25) is 0 Å². The summed E-state index contributed by atoms with van der Waals surface area (Å²) in [5, 5.41) is 12.8. The van der Waals surface area contributed by atoms with Gasteiger partial charge in [-0.05, 0) is 37.1 Å². The predicted molar refractivity (Wildman–Crippen MR) is 52.5 cm³/mol. The molecule has 2 N–H and O–H groups in total. The number of aryl methyl sites for hydroxylation is 1. The summed E-state index contributed by atoms with van der Waals surface area (Å²) in [6, 6.07) is 4.95. The molecular formula is C11H14FNO. The normalized spacial score (nSPS) is 26.8. The molecular weight excluding hydrogens is 181 g/mol. The van der Waals surface area contributed by atoms with Crippen molar-refractivity contribution in [2.24, 2.45) is 0 Å². The Morgan fingerprint density at radius 3 is 2.86 bits per heavy atom. The minimum absolute atomic E-state index is 0.0331.